The van der Waals surface area contributed by atoms with Gasteiger partial charge in [-0.1, -0.05) is 51.1 Å². The molecule has 0 amide bonds. The Morgan fingerprint density at radius 2 is 2.05 bits per heavy atom. The molecule has 1 aliphatic heterocycles. The third kappa shape index (κ3) is 3.58. The molecule has 0 bridgehead atoms. The highest BCUT2D eigenvalue weighted by Gasteiger charge is 2.33. The molecule has 0 aliphatic carbocycles. The van der Waals surface area contributed by atoms with Crippen LogP contribution in [0.1, 0.15) is 45.6 Å². The van der Waals surface area contributed by atoms with Crippen LogP contribution in [0.4, 0.5) is 0 Å². The van der Waals surface area contributed by atoms with Crippen molar-refractivity contribution < 1.29 is 4.74 Å². The zero-order valence-corrected chi connectivity index (χ0v) is 12.5. The van der Waals surface area contributed by atoms with E-state index in [0.717, 1.165) is 19.6 Å². The van der Waals surface area contributed by atoms with E-state index in [2.05, 4.69) is 56.4 Å². The van der Waals surface area contributed by atoms with Gasteiger partial charge < -0.3 is 10.1 Å². The second kappa shape index (κ2) is 6.53. The average molecular weight is 261 g/mol. The molecule has 2 nitrogen and oxygen atoms in total. The summed E-state index contributed by atoms with van der Waals surface area (Å²) in [5.74, 6) is 0. The van der Waals surface area contributed by atoms with Gasteiger partial charge in [0, 0.05) is 18.1 Å². The van der Waals surface area contributed by atoms with Crippen molar-refractivity contribution in [3.63, 3.8) is 0 Å². The number of ether oxygens (including phenoxy) is 1. The lowest BCUT2D eigenvalue weighted by Crippen LogP contribution is -2.46. The second-order valence-corrected chi connectivity index (χ2v) is 6.07. The first-order valence-corrected chi connectivity index (χ1v) is 7.55. The molecule has 1 heterocycles. The molecule has 0 aromatic heterocycles. The molecule has 1 fully saturated rings. The largest absolute Gasteiger partial charge is 0.378 e. The summed E-state index contributed by atoms with van der Waals surface area (Å²) < 4.78 is 5.82. The predicted molar refractivity (Wildman–Crippen MR) is 80.5 cm³/mol. The van der Waals surface area contributed by atoms with Gasteiger partial charge in [0.05, 0.1) is 6.10 Å². The first-order valence-electron chi connectivity index (χ1n) is 7.55. The summed E-state index contributed by atoms with van der Waals surface area (Å²) in [4.78, 5) is 0. The molecule has 1 aromatic carbocycles. The van der Waals surface area contributed by atoms with Crippen molar-refractivity contribution in [2.45, 2.75) is 57.6 Å². The van der Waals surface area contributed by atoms with Crippen LogP contribution in [0, 0.1) is 0 Å². The number of benzene rings is 1. The standard InChI is InChI=1S/C17H27NO/c1-4-18-16(13-15-11-8-12-19-15)17(2,3)14-9-6-5-7-10-14/h5-7,9-10,15-16,18H,4,8,11-13H2,1-3H3. The summed E-state index contributed by atoms with van der Waals surface area (Å²) >= 11 is 0. The minimum Gasteiger partial charge on any atom is -0.378 e. The number of likely N-dealkylation sites (N-methyl/N-ethyl adjacent to an activating group) is 1. The summed E-state index contributed by atoms with van der Waals surface area (Å²) in [6.07, 6.45) is 3.98. The fourth-order valence-electron chi connectivity index (χ4n) is 3.04. The molecule has 19 heavy (non-hydrogen) atoms. The lowest BCUT2D eigenvalue weighted by atomic mass is 9.75. The van der Waals surface area contributed by atoms with Gasteiger partial charge in [-0.05, 0) is 31.4 Å². The van der Waals surface area contributed by atoms with E-state index in [1.54, 1.807) is 0 Å². The van der Waals surface area contributed by atoms with Crippen LogP contribution >= 0.6 is 0 Å². The van der Waals surface area contributed by atoms with Gasteiger partial charge in [-0.3, -0.25) is 0 Å². The molecule has 0 spiro atoms. The normalized spacial score (nSPS) is 21.5. The van der Waals surface area contributed by atoms with Crippen LogP contribution < -0.4 is 5.32 Å². The Hall–Kier alpha value is -0.860. The van der Waals surface area contributed by atoms with Crippen LogP contribution in [0.15, 0.2) is 30.3 Å². The Balaban J connectivity index is 2.11. The van der Waals surface area contributed by atoms with Gasteiger partial charge in [-0.2, -0.15) is 0 Å². The minimum absolute atomic E-state index is 0.128. The van der Waals surface area contributed by atoms with E-state index >= 15 is 0 Å². The Kier molecular flexibility index (Phi) is 5.00. The summed E-state index contributed by atoms with van der Waals surface area (Å²) in [5.41, 5.74) is 1.53. The number of nitrogens with one attached hydrogen (secondary N) is 1. The third-order valence-corrected chi connectivity index (χ3v) is 4.36. The van der Waals surface area contributed by atoms with Crippen LogP contribution in [0.2, 0.25) is 0 Å². The maximum atomic E-state index is 5.82. The highest BCUT2D eigenvalue weighted by Crippen LogP contribution is 2.31. The number of rotatable bonds is 6. The zero-order valence-electron chi connectivity index (χ0n) is 12.5. The van der Waals surface area contributed by atoms with Gasteiger partial charge in [0.25, 0.3) is 0 Å². The number of hydrogen-bond acceptors (Lipinski definition) is 2. The van der Waals surface area contributed by atoms with Crippen molar-refractivity contribution in [3.05, 3.63) is 35.9 Å². The maximum Gasteiger partial charge on any atom is 0.0591 e. The molecular formula is C17H27NO. The third-order valence-electron chi connectivity index (χ3n) is 4.36. The molecule has 2 unspecified atom stereocenters. The topological polar surface area (TPSA) is 21.3 Å². The lowest BCUT2D eigenvalue weighted by molar-refractivity contribution is 0.0856. The van der Waals surface area contributed by atoms with Crippen molar-refractivity contribution in [2.75, 3.05) is 13.2 Å². The van der Waals surface area contributed by atoms with Gasteiger partial charge >= 0.3 is 0 Å². The fourth-order valence-corrected chi connectivity index (χ4v) is 3.04. The van der Waals surface area contributed by atoms with Crippen LogP contribution in [0.5, 0.6) is 0 Å². The Bertz CT molecular complexity index is 368. The number of hydrogen-bond donors (Lipinski definition) is 1. The monoisotopic (exact) mass is 261 g/mol. The maximum absolute atomic E-state index is 5.82. The van der Waals surface area contributed by atoms with Crippen LogP contribution in [-0.4, -0.2) is 25.3 Å². The van der Waals surface area contributed by atoms with Crippen molar-refractivity contribution in [1.29, 1.82) is 0 Å². The first kappa shape index (κ1) is 14.5. The summed E-state index contributed by atoms with van der Waals surface area (Å²) in [6, 6.07) is 11.3. The molecule has 106 valence electrons. The minimum atomic E-state index is 0.128. The van der Waals surface area contributed by atoms with E-state index < -0.39 is 0 Å². The highest BCUT2D eigenvalue weighted by atomic mass is 16.5. The van der Waals surface area contributed by atoms with E-state index in [9.17, 15) is 0 Å². The van der Waals surface area contributed by atoms with E-state index in [-0.39, 0.29) is 5.41 Å². The molecule has 1 saturated heterocycles. The smallest absolute Gasteiger partial charge is 0.0591 e. The molecular weight excluding hydrogens is 234 g/mol. The second-order valence-electron chi connectivity index (χ2n) is 6.07. The molecule has 2 heteroatoms. The Labute approximate surface area is 117 Å². The van der Waals surface area contributed by atoms with Crippen LogP contribution in [-0.2, 0) is 10.2 Å². The van der Waals surface area contributed by atoms with Crippen molar-refractivity contribution in [2.24, 2.45) is 0 Å². The Morgan fingerprint density at radius 3 is 2.63 bits per heavy atom. The predicted octanol–water partition coefficient (Wildman–Crippen LogP) is 3.51. The summed E-state index contributed by atoms with van der Waals surface area (Å²) in [7, 11) is 0. The van der Waals surface area contributed by atoms with E-state index in [1.165, 1.54) is 18.4 Å². The molecule has 1 N–H and O–H groups in total. The van der Waals surface area contributed by atoms with E-state index in [4.69, 9.17) is 4.74 Å². The molecule has 2 atom stereocenters. The fraction of sp³-hybridized carbons (Fsp3) is 0.647. The average Bonchev–Trinajstić information content (AvgIpc) is 2.92. The SMILES string of the molecule is CCNC(CC1CCCO1)C(C)(C)c1ccccc1. The van der Waals surface area contributed by atoms with E-state index in [0.29, 0.717) is 12.1 Å². The summed E-state index contributed by atoms with van der Waals surface area (Å²) in [5, 5.41) is 3.67. The van der Waals surface area contributed by atoms with Crippen LogP contribution in [0.3, 0.4) is 0 Å². The van der Waals surface area contributed by atoms with Crippen molar-refractivity contribution in [3.8, 4) is 0 Å². The van der Waals surface area contributed by atoms with Gasteiger partial charge in [-0.25, -0.2) is 0 Å². The summed E-state index contributed by atoms with van der Waals surface area (Å²) in [6.45, 7) is 8.81. The van der Waals surface area contributed by atoms with Gasteiger partial charge in [0.15, 0.2) is 0 Å². The molecule has 1 aromatic rings. The first-order chi connectivity index (χ1) is 9.14. The quantitative estimate of drug-likeness (QED) is 0.846. The van der Waals surface area contributed by atoms with Gasteiger partial charge in [-0.15, -0.1) is 0 Å². The zero-order chi connectivity index (χ0) is 13.7. The Morgan fingerprint density at radius 1 is 1.32 bits per heavy atom. The van der Waals surface area contributed by atoms with Gasteiger partial charge in [0.2, 0.25) is 0 Å². The molecule has 0 radical (unpaired) electrons. The van der Waals surface area contributed by atoms with E-state index in [1.807, 2.05) is 0 Å². The molecule has 0 saturated carbocycles. The van der Waals surface area contributed by atoms with Crippen molar-refractivity contribution >= 4 is 0 Å². The lowest BCUT2D eigenvalue weighted by Gasteiger charge is -2.37. The van der Waals surface area contributed by atoms with Crippen molar-refractivity contribution in [1.82, 2.24) is 5.32 Å². The van der Waals surface area contributed by atoms with Crippen LogP contribution in [0.25, 0.3) is 0 Å². The highest BCUT2D eigenvalue weighted by molar-refractivity contribution is 5.26. The van der Waals surface area contributed by atoms with Gasteiger partial charge in [0.1, 0.15) is 0 Å². The molecule has 1 aliphatic rings. The molecule has 2 rings (SSSR count).